The first kappa shape index (κ1) is 53.1. The number of alkyl halides is 1. The van der Waals surface area contributed by atoms with Gasteiger partial charge < -0.3 is 20.9 Å². The number of fused-ring (bicyclic) bond motifs is 2. The predicted molar refractivity (Wildman–Crippen MR) is 277 cm³/mol. The van der Waals surface area contributed by atoms with E-state index < -0.39 is 0 Å². The molecule has 0 spiro atoms. The summed E-state index contributed by atoms with van der Waals surface area (Å²) in [6, 6.07) is 50.4. The number of nitrogens with one attached hydrogen (secondary N) is 3. The Morgan fingerprint density at radius 1 is 0.548 bits per heavy atom. The van der Waals surface area contributed by atoms with Gasteiger partial charge >= 0.3 is 0 Å². The Balaban J connectivity index is 0.000000240. The molecule has 4 aliphatic rings. The van der Waals surface area contributed by atoms with Crippen LogP contribution >= 0.6 is 48.8 Å². The Morgan fingerprint density at radius 2 is 1.06 bits per heavy atom. The second-order valence-corrected chi connectivity index (χ2v) is 17.5. The highest BCUT2D eigenvalue weighted by atomic mass is 35.5. The van der Waals surface area contributed by atoms with Gasteiger partial charge in [-0.25, -0.2) is 0 Å². The molecule has 338 valence electrons. The van der Waals surface area contributed by atoms with Crippen molar-refractivity contribution < 1.29 is 0 Å². The fourth-order valence-corrected chi connectivity index (χ4v) is 9.52. The van der Waals surface area contributed by atoms with Crippen molar-refractivity contribution in [2.24, 2.45) is 0 Å². The van der Waals surface area contributed by atoms with Crippen LogP contribution in [0.15, 0.2) is 133 Å². The lowest BCUT2D eigenvalue weighted by atomic mass is 9.87. The minimum Gasteiger partial charge on any atom is -0.382 e. The van der Waals surface area contributed by atoms with Crippen molar-refractivity contribution in [3.05, 3.63) is 167 Å². The van der Waals surface area contributed by atoms with Gasteiger partial charge in [0.25, 0.3) is 0 Å². The van der Waals surface area contributed by atoms with Gasteiger partial charge in [-0.2, -0.15) is 0 Å². The summed E-state index contributed by atoms with van der Waals surface area (Å²) in [4.78, 5) is 2.69. The van der Waals surface area contributed by atoms with Gasteiger partial charge in [0, 0.05) is 48.0 Å². The first-order chi connectivity index (χ1) is 29.0. The van der Waals surface area contributed by atoms with E-state index in [-0.39, 0.29) is 37.2 Å². The average Bonchev–Trinajstić information content (AvgIpc) is 3.29. The summed E-state index contributed by atoms with van der Waals surface area (Å²) < 4.78 is 0. The molecule has 0 radical (unpaired) electrons. The second kappa shape index (κ2) is 30.0. The average molecular weight is 921 g/mol. The second-order valence-electron chi connectivity index (χ2n) is 17.1. The largest absolute Gasteiger partial charge is 0.382 e. The Labute approximate surface area is 399 Å². The highest BCUT2D eigenvalue weighted by Crippen LogP contribution is 2.29. The van der Waals surface area contributed by atoms with Gasteiger partial charge in [0.1, 0.15) is 0 Å². The zero-order chi connectivity index (χ0) is 40.9. The third-order valence-electron chi connectivity index (χ3n) is 12.5. The van der Waals surface area contributed by atoms with E-state index in [1.54, 1.807) is 11.1 Å². The number of aryl methyl sites for hydroxylation is 4. The molecule has 0 bridgehead atoms. The Bertz CT molecular complexity index is 1880. The summed E-state index contributed by atoms with van der Waals surface area (Å²) in [6.45, 7) is 7.77. The summed E-state index contributed by atoms with van der Waals surface area (Å²) in [7, 11) is 0. The third kappa shape index (κ3) is 18.1. The van der Waals surface area contributed by atoms with Crippen molar-refractivity contribution in [1.82, 2.24) is 10.6 Å². The normalized spacial score (nSPS) is 19.7. The Kier molecular flexibility index (Phi) is 25.7. The van der Waals surface area contributed by atoms with Crippen molar-refractivity contribution in [2.45, 2.75) is 128 Å². The van der Waals surface area contributed by atoms with Gasteiger partial charge in [-0.05, 0) is 151 Å². The first-order valence-electron chi connectivity index (χ1n) is 22.9. The van der Waals surface area contributed by atoms with Gasteiger partial charge in [0.2, 0.25) is 0 Å². The summed E-state index contributed by atoms with van der Waals surface area (Å²) in [5, 5.41) is 10.8. The standard InChI is InChI=1S/C23H30N2.C16H17N.C8H10.C7H14ClN.3ClH/c1-2-11-22(12-3-1)25(17-15-21-10-6-7-16-24-21)23-14-13-19-8-4-5-9-20(19)18-23;1-2-8-15(9-3-1)17-16-11-10-13-6-4-5-7-14(13)12-16;1-7-4-3-5-8(2)6-7;8-5-4-7-3-1-2-6-9-7;;;/h1-5,8-9,11-12,21,23-24H,6-7,10,13-18H2;1-9,16-17H,10-12H2;3-6H,1-2H3;7,9H,1-6H2;3*1H. The fourth-order valence-electron chi connectivity index (χ4n) is 9.25. The predicted octanol–water partition coefficient (Wildman–Crippen LogP) is 13.6. The molecule has 5 aromatic carbocycles. The summed E-state index contributed by atoms with van der Waals surface area (Å²) in [5.41, 5.74) is 11.4. The van der Waals surface area contributed by atoms with Crippen LogP contribution in [0.1, 0.15) is 97.6 Å². The molecule has 4 atom stereocenters. The molecule has 2 saturated heterocycles. The number of hydrogen-bond donors (Lipinski definition) is 3. The van der Waals surface area contributed by atoms with Crippen LogP contribution in [0.25, 0.3) is 0 Å². The lowest BCUT2D eigenvalue weighted by Gasteiger charge is -2.38. The molecule has 2 heterocycles. The number of nitrogens with zero attached hydrogens (tertiary/aromatic N) is 1. The summed E-state index contributed by atoms with van der Waals surface area (Å²) >= 11 is 5.59. The van der Waals surface area contributed by atoms with Gasteiger partial charge in [-0.3, -0.25) is 0 Å². The fraction of sp³-hybridized carbons (Fsp3) is 0.444. The molecule has 2 fully saturated rings. The van der Waals surface area contributed by atoms with E-state index in [4.69, 9.17) is 11.6 Å². The molecule has 4 unspecified atom stereocenters. The van der Waals surface area contributed by atoms with E-state index in [1.807, 2.05) is 0 Å². The number of benzene rings is 5. The highest BCUT2D eigenvalue weighted by Gasteiger charge is 2.25. The van der Waals surface area contributed by atoms with Crippen LogP contribution in [0, 0.1) is 13.8 Å². The van der Waals surface area contributed by atoms with Crippen LogP contribution in [0.4, 0.5) is 11.4 Å². The van der Waals surface area contributed by atoms with Crippen LogP contribution in [0.2, 0.25) is 0 Å². The Morgan fingerprint density at radius 3 is 1.60 bits per heavy atom. The minimum absolute atomic E-state index is 0. The van der Waals surface area contributed by atoms with Crippen molar-refractivity contribution in [3.63, 3.8) is 0 Å². The van der Waals surface area contributed by atoms with Gasteiger partial charge in [0.05, 0.1) is 0 Å². The molecule has 3 N–H and O–H groups in total. The maximum atomic E-state index is 5.59. The van der Waals surface area contributed by atoms with Gasteiger partial charge in [0.15, 0.2) is 0 Å². The molecule has 8 heteroatoms. The molecule has 2 aliphatic heterocycles. The molecular formula is C54H74Cl4N4. The molecule has 5 aromatic rings. The van der Waals surface area contributed by atoms with Crippen molar-refractivity contribution in [3.8, 4) is 0 Å². The van der Waals surface area contributed by atoms with Crippen molar-refractivity contribution in [1.29, 1.82) is 0 Å². The molecule has 2 aliphatic carbocycles. The van der Waals surface area contributed by atoms with E-state index >= 15 is 0 Å². The number of piperidine rings is 2. The molecule has 4 nitrogen and oxygen atoms in total. The van der Waals surface area contributed by atoms with E-state index in [0.717, 1.165) is 31.3 Å². The van der Waals surface area contributed by atoms with Crippen LogP contribution in [0.3, 0.4) is 0 Å². The minimum atomic E-state index is 0. The van der Waals surface area contributed by atoms with Gasteiger partial charge in [-0.15, -0.1) is 48.8 Å². The monoisotopic (exact) mass is 918 g/mol. The molecule has 0 saturated carbocycles. The lowest BCUT2D eigenvalue weighted by molar-refractivity contribution is 0.376. The number of anilines is 2. The van der Waals surface area contributed by atoms with Crippen molar-refractivity contribution in [2.75, 3.05) is 35.7 Å². The molecule has 0 amide bonds. The molecular weight excluding hydrogens is 846 g/mol. The molecule has 0 aromatic heterocycles. The van der Waals surface area contributed by atoms with Crippen molar-refractivity contribution >= 4 is 60.2 Å². The molecule has 9 rings (SSSR count). The van der Waals surface area contributed by atoms with E-state index in [1.165, 1.54) is 124 Å². The topological polar surface area (TPSA) is 39.3 Å². The zero-order valence-corrected chi connectivity index (χ0v) is 40.5. The van der Waals surface area contributed by atoms with Crippen LogP contribution in [0.5, 0.6) is 0 Å². The lowest BCUT2D eigenvalue weighted by Crippen LogP contribution is -2.43. The molecule has 62 heavy (non-hydrogen) atoms. The smallest absolute Gasteiger partial charge is 0.0368 e. The Hall–Kier alpha value is -3.22. The van der Waals surface area contributed by atoms with Crippen LogP contribution in [-0.4, -0.2) is 49.7 Å². The van der Waals surface area contributed by atoms with Crippen LogP contribution in [-0.2, 0) is 25.7 Å². The quantitative estimate of drug-likeness (QED) is 0.129. The maximum absolute atomic E-state index is 5.59. The SMILES string of the molecule is Cc1cccc(C)c1.Cl.Cl.Cl.ClCCC1CCCCN1.c1ccc(N(CCC2CCCCN2)C2CCc3ccccc3C2)cc1.c1ccc(NC2CCc3ccccc3C2)cc1. The third-order valence-corrected chi connectivity index (χ3v) is 12.7. The summed E-state index contributed by atoms with van der Waals surface area (Å²) in [5.74, 6) is 0.803. The van der Waals surface area contributed by atoms with E-state index in [2.05, 4.69) is 168 Å². The number of rotatable bonds is 9. The zero-order valence-electron chi connectivity index (χ0n) is 37.3. The number of para-hydroxylation sites is 2. The van der Waals surface area contributed by atoms with Gasteiger partial charge in [-0.1, -0.05) is 133 Å². The maximum Gasteiger partial charge on any atom is 0.0368 e. The van der Waals surface area contributed by atoms with Crippen LogP contribution < -0.4 is 20.9 Å². The number of halogens is 4. The first-order valence-corrected chi connectivity index (χ1v) is 23.4. The summed E-state index contributed by atoms with van der Waals surface area (Å²) in [6.07, 6.45) is 17.8. The number of hydrogen-bond acceptors (Lipinski definition) is 4. The highest BCUT2D eigenvalue weighted by molar-refractivity contribution is 6.17. The van der Waals surface area contributed by atoms with E-state index in [0.29, 0.717) is 18.1 Å². The van der Waals surface area contributed by atoms with E-state index in [9.17, 15) is 0 Å².